The van der Waals surface area contributed by atoms with Crippen LogP contribution in [0.25, 0.3) is 11.0 Å². The van der Waals surface area contributed by atoms with Crippen molar-refractivity contribution in [3.8, 4) is 5.75 Å². The Morgan fingerprint density at radius 2 is 1.79 bits per heavy atom. The first-order valence-corrected chi connectivity index (χ1v) is 9.69. The number of benzene rings is 2. The van der Waals surface area contributed by atoms with Gasteiger partial charge in [-0.05, 0) is 18.2 Å². The Kier molecular flexibility index (Phi) is 5.89. The fraction of sp³-hybridized carbons (Fsp3) is 0.318. The molecule has 1 fully saturated rings. The lowest BCUT2D eigenvalue weighted by Crippen LogP contribution is -3.14. The Bertz CT molecular complexity index is 917. The van der Waals surface area contributed by atoms with Crippen molar-refractivity contribution < 1.29 is 23.6 Å². The molecular formula is C22H25N2O4+. The average Bonchev–Trinajstić information content (AvgIpc) is 3.12. The summed E-state index contributed by atoms with van der Waals surface area (Å²) >= 11 is 0. The zero-order chi connectivity index (χ0) is 19.2. The summed E-state index contributed by atoms with van der Waals surface area (Å²) in [7, 11) is 0. The largest absolute Gasteiger partial charge is 0.489 e. The third-order valence-corrected chi connectivity index (χ3v) is 4.99. The van der Waals surface area contributed by atoms with E-state index < -0.39 is 0 Å². The number of amides is 1. The number of ether oxygens (including phenoxy) is 2. The molecular weight excluding hydrogens is 356 g/mol. The molecule has 1 amide bonds. The molecule has 2 N–H and O–H groups in total. The summed E-state index contributed by atoms with van der Waals surface area (Å²) < 4.78 is 17.1. The average molecular weight is 381 g/mol. The first-order valence-electron chi connectivity index (χ1n) is 9.69. The Hall–Kier alpha value is -2.83. The Labute approximate surface area is 164 Å². The lowest BCUT2D eigenvalue weighted by Gasteiger charge is -2.23. The van der Waals surface area contributed by atoms with Crippen LogP contribution in [0, 0.1) is 0 Å². The number of nitrogens with one attached hydrogen (secondary N) is 2. The summed E-state index contributed by atoms with van der Waals surface area (Å²) in [5, 5.41) is 3.90. The minimum atomic E-state index is -0.199. The maximum Gasteiger partial charge on any atom is 0.287 e. The molecule has 6 nitrogen and oxygen atoms in total. The van der Waals surface area contributed by atoms with Gasteiger partial charge in [-0.25, -0.2) is 0 Å². The first-order chi connectivity index (χ1) is 13.8. The van der Waals surface area contributed by atoms with Gasteiger partial charge >= 0.3 is 0 Å². The van der Waals surface area contributed by atoms with Gasteiger partial charge in [-0.2, -0.15) is 0 Å². The maximum absolute atomic E-state index is 12.8. The zero-order valence-electron chi connectivity index (χ0n) is 15.8. The van der Waals surface area contributed by atoms with Crippen molar-refractivity contribution >= 4 is 16.9 Å². The van der Waals surface area contributed by atoms with Crippen molar-refractivity contribution in [2.75, 3.05) is 39.4 Å². The topological polar surface area (TPSA) is 65.1 Å². The van der Waals surface area contributed by atoms with Crippen molar-refractivity contribution in [2.45, 2.75) is 6.61 Å². The summed E-state index contributed by atoms with van der Waals surface area (Å²) in [6.45, 7) is 5.29. The van der Waals surface area contributed by atoms with Crippen molar-refractivity contribution in [3.05, 3.63) is 65.9 Å². The van der Waals surface area contributed by atoms with E-state index in [0.29, 0.717) is 17.9 Å². The predicted octanol–water partition coefficient (Wildman–Crippen LogP) is 1.66. The maximum atomic E-state index is 12.8. The quantitative estimate of drug-likeness (QED) is 0.653. The van der Waals surface area contributed by atoms with Crippen LogP contribution in [0.15, 0.2) is 59.0 Å². The highest BCUT2D eigenvalue weighted by Gasteiger charge is 2.21. The Balaban J connectivity index is 1.46. The number of para-hydroxylation sites is 2. The molecule has 1 aromatic heterocycles. The molecule has 0 atom stereocenters. The molecule has 146 valence electrons. The lowest BCUT2D eigenvalue weighted by atomic mass is 10.1. The van der Waals surface area contributed by atoms with Gasteiger partial charge in [-0.15, -0.1) is 0 Å². The van der Waals surface area contributed by atoms with Crippen LogP contribution in [-0.4, -0.2) is 45.3 Å². The Morgan fingerprint density at radius 3 is 2.61 bits per heavy atom. The minimum Gasteiger partial charge on any atom is -0.489 e. The normalized spacial score (nSPS) is 14.9. The molecule has 1 aliphatic rings. The van der Waals surface area contributed by atoms with E-state index in [0.717, 1.165) is 49.5 Å². The van der Waals surface area contributed by atoms with Crippen LogP contribution in [-0.2, 0) is 11.3 Å². The summed E-state index contributed by atoms with van der Waals surface area (Å²) in [5.74, 6) is 0.889. The molecule has 0 aliphatic carbocycles. The van der Waals surface area contributed by atoms with Gasteiger partial charge in [0.2, 0.25) is 0 Å². The van der Waals surface area contributed by atoms with E-state index in [1.165, 1.54) is 4.90 Å². The van der Waals surface area contributed by atoms with Gasteiger partial charge in [0.05, 0.1) is 26.3 Å². The number of quaternary nitrogens is 1. The third-order valence-electron chi connectivity index (χ3n) is 4.99. The molecule has 1 aliphatic heterocycles. The molecule has 3 aromatic rings. The van der Waals surface area contributed by atoms with E-state index in [9.17, 15) is 4.79 Å². The van der Waals surface area contributed by atoms with Crippen LogP contribution >= 0.6 is 0 Å². The van der Waals surface area contributed by atoms with E-state index in [4.69, 9.17) is 13.9 Å². The molecule has 0 unspecified atom stereocenters. The van der Waals surface area contributed by atoms with E-state index in [1.54, 1.807) is 0 Å². The van der Waals surface area contributed by atoms with Gasteiger partial charge in [0, 0.05) is 10.9 Å². The number of carbonyl (C=O) groups is 1. The fourth-order valence-corrected chi connectivity index (χ4v) is 3.44. The van der Waals surface area contributed by atoms with Crippen LogP contribution in [0.2, 0.25) is 0 Å². The van der Waals surface area contributed by atoms with E-state index in [2.05, 4.69) is 5.32 Å². The van der Waals surface area contributed by atoms with Gasteiger partial charge < -0.3 is 24.1 Å². The molecule has 6 heteroatoms. The van der Waals surface area contributed by atoms with E-state index in [1.807, 2.05) is 54.6 Å². The zero-order valence-corrected chi connectivity index (χ0v) is 15.8. The Morgan fingerprint density at radius 1 is 1.04 bits per heavy atom. The summed E-state index contributed by atoms with van der Waals surface area (Å²) in [6.07, 6.45) is 0. The van der Waals surface area contributed by atoms with Crippen LogP contribution in [0.4, 0.5) is 0 Å². The molecule has 0 radical (unpaired) electrons. The standard InChI is InChI=1S/C22H24N2O4/c25-22(23-10-11-24-12-14-26-15-13-24)21-19(16-27-17-6-2-1-3-7-17)18-8-4-5-9-20(18)28-21/h1-9H,10-16H2,(H,23,25)/p+1. The summed E-state index contributed by atoms with van der Waals surface area (Å²) in [4.78, 5) is 14.2. The smallest absolute Gasteiger partial charge is 0.287 e. The van der Waals surface area contributed by atoms with Gasteiger partial charge in [-0.3, -0.25) is 4.79 Å². The number of morpholine rings is 1. The van der Waals surface area contributed by atoms with Gasteiger partial charge in [-0.1, -0.05) is 36.4 Å². The summed E-state index contributed by atoms with van der Waals surface area (Å²) in [6, 6.07) is 17.2. The van der Waals surface area contributed by atoms with Crippen molar-refractivity contribution in [1.29, 1.82) is 0 Å². The molecule has 0 bridgehead atoms. The highest BCUT2D eigenvalue weighted by Crippen LogP contribution is 2.27. The van der Waals surface area contributed by atoms with Crippen molar-refractivity contribution in [1.82, 2.24) is 5.32 Å². The van der Waals surface area contributed by atoms with Crippen LogP contribution in [0.1, 0.15) is 16.1 Å². The number of rotatable bonds is 7. The van der Waals surface area contributed by atoms with Gasteiger partial charge in [0.25, 0.3) is 5.91 Å². The fourth-order valence-electron chi connectivity index (χ4n) is 3.44. The van der Waals surface area contributed by atoms with Gasteiger partial charge in [0.1, 0.15) is 31.0 Å². The number of carbonyl (C=O) groups excluding carboxylic acids is 1. The van der Waals surface area contributed by atoms with E-state index in [-0.39, 0.29) is 12.5 Å². The second-order valence-electron chi connectivity index (χ2n) is 6.88. The van der Waals surface area contributed by atoms with Crippen molar-refractivity contribution in [2.24, 2.45) is 0 Å². The number of furan rings is 1. The van der Waals surface area contributed by atoms with Crippen LogP contribution < -0.4 is 15.0 Å². The third kappa shape index (κ3) is 4.35. The molecule has 1 saturated heterocycles. The monoisotopic (exact) mass is 381 g/mol. The molecule has 4 rings (SSSR count). The van der Waals surface area contributed by atoms with Crippen molar-refractivity contribution in [3.63, 3.8) is 0 Å². The number of hydrogen-bond donors (Lipinski definition) is 2. The highest BCUT2D eigenvalue weighted by atomic mass is 16.5. The number of fused-ring (bicyclic) bond motifs is 1. The molecule has 0 saturated carbocycles. The van der Waals surface area contributed by atoms with Crippen LogP contribution in [0.5, 0.6) is 5.75 Å². The summed E-state index contributed by atoms with van der Waals surface area (Å²) in [5.41, 5.74) is 1.47. The lowest BCUT2D eigenvalue weighted by molar-refractivity contribution is -0.906. The first kappa shape index (κ1) is 18.5. The highest BCUT2D eigenvalue weighted by molar-refractivity contribution is 5.99. The van der Waals surface area contributed by atoms with Gasteiger partial charge in [0.15, 0.2) is 5.76 Å². The minimum absolute atomic E-state index is 0.199. The molecule has 2 aromatic carbocycles. The van der Waals surface area contributed by atoms with Crippen LogP contribution in [0.3, 0.4) is 0 Å². The van der Waals surface area contributed by atoms with E-state index >= 15 is 0 Å². The second kappa shape index (κ2) is 8.91. The molecule has 2 heterocycles. The molecule has 28 heavy (non-hydrogen) atoms. The second-order valence-corrected chi connectivity index (χ2v) is 6.88. The molecule has 0 spiro atoms. The SMILES string of the molecule is O=C(NCC[NH+]1CCOCC1)c1oc2ccccc2c1COc1ccccc1. The predicted molar refractivity (Wildman–Crippen MR) is 106 cm³/mol. The number of hydrogen-bond acceptors (Lipinski definition) is 4.